The summed E-state index contributed by atoms with van der Waals surface area (Å²) >= 11 is 0. The first-order valence-electron chi connectivity index (χ1n) is 6.88. The average molecular weight is 298 g/mol. The number of hydrogen-bond acceptors (Lipinski definition) is 4. The van der Waals surface area contributed by atoms with Gasteiger partial charge in [0.1, 0.15) is 0 Å². The fourth-order valence-electron chi connectivity index (χ4n) is 1.79. The highest BCUT2D eigenvalue weighted by Gasteiger charge is 2.32. The van der Waals surface area contributed by atoms with Gasteiger partial charge in [0.2, 0.25) is 0 Å². The van der Waals surface area contributed by atoms with Crippen LogP contribution in [-0.4, -0.2) is 50.7 Å². The molecule has 0 unspecified atom stereocenters. The van der Waals surface area contributed by atoms with Gasteiger partial charge in [0.25, 0.3) is 0 Å². The van der Waals surface area contributed by atoms with Gasteiger partial charge in [-0.2, -0.15) is 0 Å². The molecule has 0 spiro atoms. The van der Waals surface area contributed by atoms with E-state index in [0.717, 1.165) is 0 Å². The highest BCUT2D eigenvalue weighted by Crippen LogP contribution is 2.26. The third-order valence-electron chi connectivity index (χ3n) is 2.80. The fourth-order valence-corrected chi connectivity index (χ4v) is 1.79. The molecule has 5 nitrogen and oxygen atoms in total. The summed E-state index contributed by atoms with van der Waals surface area (Å²) in [6.45, 7) is 13.0. The molecular formula is C16H26O5. The minimum atomic E-state index is -0.851. The maximum Gasteiger partial charge on any atom is 0.303 e. The number of hydrogen-bond donors (Lipinski definition) is 1. The zero-order chi connectivity index (χ0) is 16.0. The van der Waals surface area contributed by atoms with Crippen molar-refractivity contribution in [2.45, 2.75) is 12.8 Å². The van der Waals surface area contributed by atoms with E-state index in [0.29, 0.717) is 46.1 Å². The number of carboxylic acid groups (broad SMARTS) is 1. The Hall–Kier alpha value is -1.43. The number of carbonyl (C=O) groups is 1. The first kappa shape index (κ1) is 19.6. The normalized spacial score (nSPS) is 11.0. The molecule has 0 aromatic rings. The molecule has 21 heavy (non-hydrogen) atoms. The van der Waals surface area contributed by atoms with Gasteiger partial charge in [0.15, 0.2) is 0 Å². The Bertz CT molecular complexity index is 289. The zero-order valence-corrected chi connectivity index (χ0v) is 12.6. The van der Waals surface area contributed by atoms with Crippen molar-refractivity contribution in [2.75, 3.05) is 39.6 Å². The van der Waals surface area contributed by atoms with Crippen LogP contribution in [0, 0.1) is 5.41 Å². The van der Waals surface area contributed by atoms with E-state index in [1.54, 1.807) is 18.2 Å². The van der Waals surface area contributed by atoms with Crippen molar-refractivity contribution in [1.29, 1.82) is 0 Å². The third kappa shape index (κ3) is 10.0. The maximum atomic E-state index is 10.9. The summed E-state index contributed by atoms with van der Waals surface area (Å²) in [7, 11) is 0. The van der Waals surface area contributed by atoms with Crippen molar-refractivity contribution < 1.29 is 24.1 Å². The standard InChI is InChI=1S/C16H26O5/c1-4-9-19-12-16(8-7-15(17)18,13-20-10-5-2)14-21-11-6-3/h4-6H,1-3,7-14H2,(H,17,18). The van der Waals surface area contributed by atoms with Crippen LogP contribution in [-0.2, 0) is 19.0 Å². The Labute approximate surface area is 126 Å². The lowest BCUT2D eigenvalue weighted by molar-refractivity contribution is -0.139. The van der Waals surface area contributed by atoms with Crippen LogP contribution in [0.5, 0.6) is 0 Å². The van der Waals surface area contributed by atoms with Crippen molar-refractivity contribution in [2.24, 2.45) is 5.41 Å². The Morgan fingerprint density at radius 3 is 1.57 bits per heavy atom. The van der Waals surface area contributed by atoms with Gasteiger partial charge in [-0.25, -0.2) is 0 Å². The van der Waals surface area contributed by atoms with E-state index in [2.05, 4.69) is 19.7 Å². The highest BCUT2D eigenvalue weighted by molar-refractivity contribution is 5.66. The molecule has 0 amide bonds. The summed E-state index contributed by atoms with van der Waals surface area (Å²) in [6, 6.07) is 0. The highest BCUT2D eigenvalue weighted by atomic mass is 16.5. The van der Waals surface area contributed by atoms with Gasteiger partial charge in [-0.15, -0.1) is 19.7 Å². The minimum absolute atomic E-state index is 0.0341. The Morgan fingerprint density at radius 2 is 1.29 bits per heavy atom. The molecule has 0 radical (unpaired) electrons. The summed E-state index contributed by atoms with van der Waals surface area (Å²) in [4.78, 5) is 10.9. The van der Waals surface area contributed by atoms with E-state index >= 15 is 0 Å². The predicted molar refractivity (Wildman–Crippen MR) is 82.4 cm³/mol. The Balaban J connectivity index is 4.75. The third-order valence-corrected chi connectivity index (χ3v) is 2.80. The molecule has 0 aromatic heterocycles. The Kier molecular flexibility index (Phi) is 11.5. The van der Waals surface area contributed by atoms with Crippen LogP contribution in [0.15, 0.2) is 38.0 Å². The van der Waals surface area contributed by atoms with Crippen LogP contribution in [0.4, 0.5) is 0 Å². The van der Waals surface area contributed by atoms with E-state index in [1.165, 1.54) is 0 Å². The fraction of sp³-hybridized carbons (Fsp3) is 0.562. The smallest absolute Gasteiger partial charge is 0.303 e. The molecular weight excluding hydrogens is 272 g/mol. The average Bonchev–Trinajstić information content (AvgIpc) is 2.46. The second-order valence-corrected chi connectivity index (χ2v) is 4.81. The van der Waals surface area contributed by atoms with Gasteiger partial charge >= 0.3 is 5.97 Å². The summed E-state index contributed by atoms with van der Waals surface area (Å²) in [6.07, 6.45) is 5.39. The second-order valence-electron chi connectivity index (χ2n) is 4.81. The van der Waals surface area contributed by atoms with Crippen molar-refractivity contribution in [3.8, 4) is 0 Å². The van der Waals surface area contributed by atoms with E-state index in [4.69, 9.17) is 19.3 Å². The molecule has 0 heterocycles. The quantitative estimate of drug-likeness (QED) is 0.371. The van der Waals surface area contributed by atoms with E-state index in [1.807, 2.05) is 0 Å². The largest absolute Gasteiger partial charge is 0.481 e. The molecule has 0 saturated heterocycles. The molecule has 0 bridgehead atoms. The summed E-state index contributed by atoms with van der Waals surface area (Å²) < 4.78 is 16.6. The molecule has 0 aliphatic rings. The van der Waals surface area contributed by atoms with Crippen LogP contribution >= 0.6 is 0 Å². The first-order valence-corrected chi connectivity index (χ1v) is 6.88. The van der Waals surface area contributed by atoms with Crippen LogP contribution in [0.1, 0.15) is 12.8 Å². The molecule has 0 saturated carbocycles. The molecule has 0 aromatic carbocycles. The molecule has 0 aliphatic heterocycles. The van der Waals surface area contributed by atoms with E-state index in [9.17, 15) is 4.79 Å². The van der Waals surface area contributed by atoms with Crippen molar-refractivity contribution in [3.63, 3.8) is 0 Å². The molecule has 120 valence electrons. The summed E-state index contributed by atoms with van der Waals surface area (Å²) in [5.41, 5.74) is -0.507. The molecule has 0 atom stereocenters. The second kappa shape index (κ2) is 12.3. The van der Waals surface area contributed by atoms with Gasteiger partial charge in [0.05, 0.1) is 39.6 Å². The van der Waals surface area contributed by atoms with Gasteiger partial charge in [-0.3, -0.25) is 4.79 Å². The van der Waals surface area contributed by atoms with Crippen LogP contribution in [0.25, 0.3) is 0 Å². The maximum absolute atomic E-state index is 10.9. The van der Waals surface area contributed by atoms with Crippen molar-refractivity contribution >= 4 is 5.97 Å². The monoisotopic (exact) mass is 298 g/mol. The first-order chi connectivity index (χ1) is 10.1. The summed E-state index contributed by atoms with van der Waals surface area (Å²) in [5.74, 6) is -0.851. The van der Waals surface area contributed by atoms with Gasteiger partial charge in [0, 0.05) is 11.8 Å². The molecule has 1 N–H and O–H groups in total. The molecule has 0 rings (SSSR count). The Morgan fingerprint density at radius 1 is 0.905 bits per heavy atom. The topological polar surface area (TPSA) is 65.0 Å². The van der Waals surface area contributed by atoms with Crippen LogP contribution < -0.4 is 0 Å². The van der Waals surface area contributed by atoms with Crippen molar-refractivity contribution in [3.05, 3.63) is 38.0 Å². The van der Waals surface area contributed by atoms with Gasteiger partial charge < -0.3 is 19.3 Å². The van der Waals surface area contributed by atoms with Gasteiger partial charge in [-0.1, -0.05) is 18.2 Å². The van der Waals surface area contributed by atoms with E-state index < -0.39 is 11.4 Å². The summed E-state index contributed by atoms with van der Waals surface area (Å²) in [5, 5.41) is 8.92. The predicted octanol–water partition coefficient (Wildman–Crippen LogP) is 2.45. The number of rotatable bonds is 15. The minimum Gasteiger partial charge on any atom is -0.481 e. The number of aliphatic carboxylic acids is 1. The molecule has 5 heteroatoms. The lowest BCUT2D eigenvalue weighted by Crippen LogP contribution is -2.38. The van der Waals surface area contributed by atoms with Crippen LogP contribution in [0.3, 0.4) is 0 Å². The lowest BCUT2D eigenvalue weighted by atomic mass is 9.85. The molecule has 0 fully saturated rings. The SMILES string of the molecule is C=CCOCC(CCC(=O)O)(COCC=C)COCC=C. The van der Waals surface area contributed by atoms with Crippen molar-refractivity contribution in [1.82, 2.24) is 0 Å². The number of ether oxygens (including phenoxy) is 3. The van der Waals surface area contributed by atoms with Crippen LogP contribution in [0.2, 0.25) is 0 Å². The number of carboxylic acids is 1. The molecule has 0 aliphatic carbocycles. The van der Waals surface area contributed by atoms with Gasteiger partial charge in [-0.05, 0) is 6.42 Å². The lowest BCUT2D eigenvalue weighted by Gasteiger charge is -2.32. The zero-order valence-electron chi connectivity index (χ0n) is 12.6. The van der Waals surface area contributed by atoms with E-state index in [-0.39, 0.29) is 6.42 Å².